The van der Waals surface area contributed by atoms with Gasteiger partial charge in [-0.1, -0.05) is 0 Å². The monoisotopic (exact) mass is 332 g/mol. The second-order valence-corrected chi connectivity index (χ2v) is 7.34. The largest absolute Gasteiger partial charge is 0.398 e. The van der Waals surface area contributed by atoms with Crippen LogP contribution in [-0.2, 0) is 9.84 Å². The van der Waals surface area contributed by atoms with E-state index in [0.29, 0.717) is 11.3 Å². The molecule has 5 nitrogen and oxygen atoms in total. The molecule has 1 heterocycles. The van der Waals surface area contributed by atoms with Crippen LogP contribution in [-0.4, -0.2) is 43.8 Å². The molecule has 1 fully saturated rings. The van der Waals surface area contributed by atoms with Crippen molar-refractivity contribution in [3.8, 4) is 0 Å². The van der Waals surface area contributed by atoms with E-state index in [9.17, 15) is 13.2 Å². The number of nitrogen functional groups attached to an aromatic ring is 1. The number of benzene rings is 1. The lowest BCUT2D eigenvalue weighted by Gasteiger charge is -2.26. The van der Waals surface area contributed by atoms with Crippen LogP contribution in [0.3, 0.4) is 0 Å². The fourth-order valence-electron chi connectivity index (χ4n) is 1.77. The van der Waals surface area contributed by atoms with Crippen LogP contribution in [0.25, 0.3) is 0 Å². The molecule has 18 heavy (non-hydrogen) atoms. The van der Waals surface area contributed by atoms with Crippen molar-refractivity contribution in [2.24, 2.45) is 0 Å². The zero-order chi connectivity index (χ0) is 13.3. The molecule has 0 spiro atoms. The van der Waals surface area contributed by atoms with Crippen LogP contribution in [0.5, 0.6) is 0 Å². The average molecular weight is 333 g/mol. The van der Waals surface area contributed by atoms with Crippen LogP contribution < -0.4 is 5.73 Å². The second kappa shape index (κ2) is 4.89. The van der Waals surface area contributed by atoms with E-state index in [2.05, 4.69) is 15.9 Å². The third-order valence-corrected chi connectivity index (χ3v) is 5.21. The Bertz CT molecular complexity index is 572. The Hall–Kier alpha value is -1.08. The number of halogens is 1. The van der Waals surface area contributed by atoms with Crippen LogP contribution >= 0.6 is 15.9 Å². The summed E-state index contributed by atoms with van der Waals surface area (Å²) in [5.74, 6) is -0.112. The van der Waals surface area contributed by atoms with Crippen LogP contribution in [0.1, 0.15) is 10.4 Å². The van der Waals surface area contributed by atoms with Crippen LogP contribution in [0.15, 0.2) is 22.7 Å². The number of nitrogens with zero attached hydrogens (tertiary/aromatic N) is 1. The summed E-state index contributed by atoms with van der Waals surface area (Å²) >= 11 is 3.26. The molecule has 2 N–H and O–H groups in total. The maximum absolute atomic E-state index is 12.1. The van der Waals surface area contributed by atoms with Crippen molar-refractivity contribution >= 4 is 37.4 Å². The van der Waals surface area contributed by atoms with Gasteiger partial charge in [0.05, 0.1) is 11.5 Å². The highest BCUT2D eigenvalue weighted by molar-refractivity contribution is 9.10. The molecular weight excluding hydrogens is 320 g/mol. The molecule has 1 aromatic carbocycles. The quantitative estimate of drug-likeness (QED) is 0.775. The number of amides is 1. The van der Waals surface area contributed by atoms with Gasteiger partial charge >= 0.3 is 0 Å². The van der Waals surface area contributed by atoms with Crippen molar-refractivity contribution in [1.29, 1.82) is 0 Å². The van der Waals surface area contributed by atoms with Crippen molar-refractivity contribution in [3.63, 3.8) is 0 Å². The molecule has 1 saturated heterocycles. The predicted molar refractivity (Wildman–Crippen MR) is 73.1 cm³/mol. The van der Waals surface area contributed by atoms with Gasteiger partial charge < -0.3 is 10.6 Å². The van der Waals surface area contributed by atoms with Gasteiger partial charge in [-0.2, -0.15) is 0 Å². The Labute approximate surface area is 114 Å². The van der Waals surface area contributed by atoms with E-state index in [0.717, 1.165) is 4.47 Å². The summed E-state index contributed by atoms with van der Waals surface area (Å²) in [6.45, 7) is 0.494. The van der Waals surface area contributed by atoms with Gasteiger partial charge in [-0.05, 0) is 34.1 Å². The molecule has 0 aliphatic carbocycles. The summed E-state index contributed by atoms with van der Waals surface area (Å²) in [4.78, 5) is 13.7. The lowest BCUT2D eigenvalue weighted by molar-refractivity contribution is 0.0770. The van der Waals surface area contributed by atoms with Crippen molar-refractivity contribution in [2.45, 2.75) is 0 Å². The molecule has 0 atom stereocenters. The second-order valence-electron chi connectivity index (χ2n) is 4.18. The summed E-state index contributed by atoms with van der Waals surface area (Å²) in [5.41, 5.74) is 6.69. The normalized spacial score (nSPS) is 18.6. The molecule has 0 aromatic heterocycles. The van der Waals surface area contributed by atoms with Crippen molar-refractivity contribution < 1.29 is 13.2 Å². The minimum absolute atomic E-state index is 0.0325. The van der Waals surface area contributed by atoms with E-state index in [-0.39, 0.29) is 30.5 Å². The highest BCUT2D eigenvalue weighted by Gasteiger charge is 2.25. The molecule has 98 valence electrons. The first kappa shape index (κ1) is 13.4. The molecule has 7 heteroatoms. The molecule has 1 aliphatic heterocycles. The first-order chi connectivity index (χ1) is 8.39. The van der Waals surface area contributed by atoms with Crippen molar-refractivity contribution in [3.05, 3.63) is 28.2 Å². The van der Waals surface area contributed by atoms with Crippen LogP contribution in [0.2, 0.25) is 0 Å². The number of anilines is 1. The number of carbonyl (C=O) groups excluding carboxylic acids is 1. The highest BCUT2D eigenvalue weighted by Crippen LogP contribution is 2.21. The molecule has 0 saturated carbocycles. The van der Waals surface area contributed by atoms with E-state index in [1.807, 2.05) is 0 Å². The molecule has 1 aliphatic rings. The molecule has 0 bridgehead atoms. The standard InChI is InChI=1S/C11H13BrN2O3S/c12-9-2-1-8(7-10(9)13)11(15)14-3-5-18(16,17)6-4-14/h1-2,7H,3-6,13H2. The van der Waals surface area contributed by atoms with Gasteiger partial charge in [0.1, 0.15) is 0 Å². The van der Waals surface area contributed by atoms with Crippen LogP contribution in [0.4, 0.5) is 5.69 Å². The Morgan fingerprint density at radius 3 is 2.44 bits per heavy atom. The lowest BCUT2D eigenvalue weighted by atomic mass is 10.2. The van der Waals surface area contributed by atoms with E-state index < -0.39 is 9.84 Å². The Kier molecular flexibility index (Phi) is 3.63. The summed E-state index contributed by atoms with van der Waals surface area (Å²) in [5, 5.41) is 0. The van der Waals surface area contributed by atoms with E-state index >= 15 is 0 Å². The smallest absolute Gasteiger partial charge is 0.253 e. The average Bonchev–Trinajstić information content (AvgIpc) is 2.32. The van der Waals surface area contributed by atoms with Crippen molar-refractivity contribution in [2.75, 3.05) is 30.3 Å². The van der Waals surface area contributed by atoms with E-state index in [1.165, 1.54) is 0 Å². The Balaban J connectivity index is 2.15. The third-order valence-electron chi connectivity index (χ3n) is 2.87. The molecular formula is C11H13BrN2O3S. The van der Waals surface area contributed by atoms with E-state index in [4.69, 9.17) is 5.73 Å². The van der Waals surface area contributed by atoms with Gasteiger partial charge in [-0.15, -0.1) is 0 Å². The Morgan fingerprint density at radius 1 is 1.28 bits per heavy atom. The summed E-state index contributed by atoms with van der Waals surface area (Å²) < 4.78 is 23.3. The number of rotatable bonds is 1. The topological polar surface area (TPSA) is 80.5 Å². The predicted octanol–water partition coefficient (Wildman–Crippen LogP) is 0.902. The van der Waals surface area contributed by atoms with Gasteiger partial charge in [0.25, 0.3) is 5.91 Å². The summed E-state index contributed by atoms with van der Waals surface area (Å²) in [6, 6.07) is 4.98. The zero-order valence-electron chi connectivity index (χ0n) is 9.60. The Morgan fingerprint density at radius 2 is 1.89 bits per heavy atom. The number of hydrogen-bond donors (Lipinski definition) is 1. The fraction of sp³-hybridized carbons (Fsp3) is 0.364. The third kappa shape index (κ3) is 2.84. The molecule has 1 aromatic rings. The molecule has 2 rings (SSSR count). The van der Waals surface area contributed by atoms with Gasteiger partial charge in [-0.3, -0.25) is 4.79 Å². The number of hydrogen-bond acceptors (Lipinski definition) is 4. The molecule has 0 radical (unpaired) electrons. The number of carbonyl (C=O) groups is 1. The van der Waals surface area contributed by atoms with E-state index in [1.54, 1.807) is 23.1 Å². The van der Waals surface area contributed by atoms with Crippen LogP contribution in [0, 0.1) is 0 Å². The van der Waals surface area contributed by atoms with Gasteiger partial charge in [0.2, 0.25) is 0 Å². The van der Waals surface area contributed by atoms with Gasteiger partial charge in [0.15, 0.2) is 9.84 Å². The first-order valence-corrected chi connectivity index (χ1v) is 8.05. The SMILES string of the molecule is Nc1cc(C(=O)N2CCS(=O)(=O)CC2)ccc1Br. The number of nitrogens with two attached hydrogens (primary N) is 1. The molecule has 0 unspecified atom stereocenters. The minimum atomic E-state index is -2.97. The summed E-state index contributed by atoms with van der Waals surface area (Å²) in [7, 11) is -2.97. The summed E-state index contributed by atoms with van der Waals surface area (Å²) in [6.07, 6.45) is 0. The number of sulfone groups is 1. The zero-order valence-corrected chi connectivity index (χ0v) is 12.0. The highest BCUT2D eigenvalue weighted by atomic mass is 79.9. The van der Waals surface area contributed by atoms with Gasteiger partial charge in [0, 0.05) is 28.8 Å². The maximum Gasteiger partial charge on any atom is 0.253 e. The molecule has 1 amide bonds. The lowest BCUT2D eigenvalue weighted by Crippen LogP contribution is -2.43. The fourth-order valence-corrected chi connectivity index (χ4v) is 3.22. The van der Waals surface area contributed by atoms with Gasteiger partial charge in [-0.25, -0.2) is 8.42 Å². The van der Waals surface area contributed by atoms with Crippen molar-refractivity contribution in [1.82, 2.24) is 4.90 Å². The maximum atomic E-state index is 12.1. The minimum Gasteiger partial charge on any atom is -0.398 e. The first-order valence-electron chi connectivity index (χ1n) is 5.44.